The highest BCUT2D eigenvalue weighted by Gasteiger charge is 2.53. The van der Waals surface area contributed by atoms with Gasteiger partial charge in [-0.15, -0.1) is 0 Å². The number of fused-ring (bicyclic) bond motifs is 1. The smallest absolute Gasteiger partial charge is 0.266 e. The second-order valence-corrected chi connectivity index (χ2v) is 9.87. The molecule has 1 aromatic rings. The average molecular weight is 383 g/mol. The van der Waals surface area contributed by atoms with Crippen molar-refractivity contribution < 1.29 is 14.3 Å². The van der Waals surface area contributed by atoms with Crippen molar-refractivity contribution in [1.29, 1.82) is 0 Å². The van der Waals surface area contributed by atoms with E-state index < -0.39 is 6.10 Å². The quantitative estimate of drug-likeness (QED) is 0.832. The van der Waals surface area contributed by atoms with Crippen LogP contribution in [0.15, 0.2) is 18.2 Å². The molecule has 4 bridgehead atoms. The van der Waals surface area contributed by atoms with Crippen LogP contribution in [0.5, 0.6) is 5.75 Å². The summed E-state index contributed by atoms with van der Waals surface area (Å²) in [4.78, 5) is 25.2. The lowest BCUT2D eigenvalue weighted by molar-refractivity contribution is -0.133. The predicted octanol–water partition coefficient (Wildman–Crippen LogP) is 3.81. The molecule has 2 N–H and O–H groups in total. The second-order valence-electron chi connectivity index (χ2n) is 9.87. The number of carbonyl (C=O) groups is 2. The molecule has 0 radical (unpaired) electrons. The lowest BCUT2D eigenvalue weighted by Crippen LogP contribution is -2.56. The van der Waals surface area contributed by atoms with Gasteiger partial charge in [-0.2, -0.15) is 0 Å². The van der Waals surface area contributed by atoms with Crippen molar-refractivity contribution in [2.24, 2.45) is 23.2 Å². The maximum atomic E-state index is 12.8. The lowest BCUT2D eigenvalue weighted by Gasteiger charge is -2.59. The summed E-state index contributed by atoms with van der Waals surface area (Å²) in [5.74, 6) is 2.89. The van der Waals surface area contributed by atoms with Gasteiger partial charge in [-0.25, -0.2) is 0 Å². The van der Waals surface area contributed by atoms with Crippen LogP contribution >= 0.6 is 0 Å². The largest absolute Gasteiger partial charge is 0.478 e. The number of anilines is 1. The van der Waals surface area contributed by atoms with Crippen molar-refractivity contribution >= 4 is 17.5 Å². The zero-order valence-electron chi connectivity index (χ0n) is 16.8. The highest BCUT2D eigenvalue weighted by atomic mass is 16.5. The van der Waals surface area contributed by atoms with Crippen molar-refractivity contribution in [2.75, 3.05) is 5.32 Å². The van der Waals surface area contributed by atoms with E-state index in [1.807, 2.05) is 25.1 Å². The van der Waals surface area contributed by atoms with Gasteiger partial charge < -0.3 is 15.4 Å². The van der Waals surface area contributed by atoms with Crippen molar-refractivity contribution in [2.45, 2.75) is 70.9 Å². The minimum absolute atomic E-state index is 0.0653. The van der Waals surface area contributed by atoms with Crippen molar-refractivity contribution in [3.05, 3.63) is 23.8 Å². The van der Waals surface area contributed by atoms with Crippen LogP contribution < -0.4 is 15.4 Å². The normalized spacial score (nSPS) is 36.3. The first kappa shape index (κ1) is 18.0. The molecular weight excluding hydrogens is 352 g/mol. The van der Waals surface area contributed by atoms with Gasteiger partial charge in [0.1, 0.15) is 5.75 Å². The fourth-order valence-corrected chi connectivity index (χ4v) is 6.73. The van der Waals surface area contributed by atoms with Crippen LogP contribution in [-0.2, 0) is 9.59 Å². The minimum atomic E-state index is -0.765. The third kappa shape index (κ3) is 3.09. The number of rotatable bonds is 4. The Hall–Kier alpha value is -2.04. The summed E-state index contributed by atoms with van der Waals surface area (Å²) in [5.41, 5.74) is 2.01. The average Bonchev–Trinajstić information content (AvgIpc) is 2.61. The summed E-state index contributed by atoms with van der Waals surface area (Å²) < 4.78 is 5.83. The molecule has 1 heterocycles. The molecule has 1 aromatic carbocycles. The molecular formula is C23H30N2O3. The fraction of sp³-hybridized carbons (Fsp3) is 0.652. The SMILES string of the molecule is Cc1ccc2c(c1)NC(=O)C(CC(=O)NC(C)C13CC4CC(CC(C4)C1)C3)O2. The fourth-order valence-electron chi connectivity index (χ4n) is 6.73. The molecule has 5 heteroatoms. The van der Waals surface area contributed by atoms with Crippen molar-refractivity contribution in [3.8, 4) is 5.75 Å². The second kappa shape index (κ2) is 6.50. The molecule has 0 spiro atoms. The first-order chi connectivity index (χ1) is 13.4. The summed E-state index contributed by atoms with van der Waals surface area (Å²) in [6.07, 6.45) is 7.27. The van der Waals surface area contributed by atoms with Crippen LogP contribution in [0.4, 0.5) is 5.69 Å². The van der Waals surface area contributed by atoms with E-state index in [1.165, 1.54) is 38.5 Å². The van der Waals surface area contributed by atoms with Crippen LogP contribution in [-0.4, -0.2) is 24.0 Å². The first-order valence-corrected chi connectivity index (χ1v) is 10.8. The van der Waals surface area contributed by atoms with Gasteiger partial charge in [-0.1, -0.05) is 6.07 Å². The van der Waals surface area contributed by atoms with Crippen LogP contribution in [0.3, 0.4) is 0 Å². The Morgan fingerprint density at radius 1 is 1.21 bits per heavy atom. The van der Waals surface area contributed by atoms with E-state index in [1.54, 1.807) is 0 Å². The van der Waals surface area contributed by atoms with E-state index in [9.17, 15) is 9.59 Å². The number of amides is 2. The number of hydrogen-bond acceptors (Lipinski definition) is 3. The summed E-state index contributed by atoms with van der Waals surface area (Å²) in [5, 5.41) is 6.11. The standard InChI is InChI=1S/C23H30N2O3/c1-13-3-4-19-18(5-13)25-22(27)20(28-19)9-21(26)24-14(2)23-10-15-6-16(11-23)8-17(7-15)12-23/h3-5,14-17,20H,6-12H2,1-2H3,(H,24,26)(H,25,27). The van der Waals surface area contributed by atoms with Crippen LogP contribution in [0.1, 0.15) is 57.4 Å². The number of ether oxygens (including phenoxy) is 1. The van der Waals surface area contributed by atoms with E-state index >= 15 is 0 Å². The Morgan fingerprint density at radius 2 is 1.86 bits per heavy atom. The molecule has 0 saturated heterocycles. The molecule has 1 aliphatic heterocycles. The van der Waals surface area contributed by atoms with Crippen LogP contribution in [0, 0.1) is 30.1 Å². The number of carbonyl (C=O) groups excluding carboxylic acids is 2. The van der Waals surface area contributed by atoms with Gasteiger partial charge in [0.05, 0.1) is 12.1 Å². The minimum Gasteiger partial charge on any atom is -0.478 e. The predicted molar refractivity (Wildman–Crippen MR) is 107 cm³/mol. The van der Waals surface area contributed by atoms with Crippen molar-refractivity contribution in [1.82, 2.24) is 5.32 Å². The Morgan fingerprint density at radius 3 is 2.50 bits per heavy atom. The zero-order chi connectivity index (χ0) is 19.5. The molecule has 5 aliphatic rings. The number of aryl methyl sites for hydroxylation is 1. The summed E-state index contributed by atoms with van der Waals surface area (Å²) in [6.45, 7) is 4.14. The topological polar surface area (TPSA) is 67.4 Å². The monoisotopic (exact) mass is 382 g/mol. The van der Waals surface area contributed by atoms with E-state index in [4.69, 9.17) is 4.74 Å². The maximum absolute atomic E-state index is 12.8. The molecule has 4 aliphatic carbocycles. The number of hydrogen-bond donors (Lipinski definition) is 2. The molecule has 4 fully saturated rings. The lowest BCUT2D eigenvalue weighted by atomic mass is 9.48. The van der Waals surface area contributed by atoms with E-state index in [-0.39, 0.29) is 29.7 Å². The highest BCUT2D eigenvalue weighted by molar-refractivity contribution is 6.00. The maximum Gasteiger partial charge on any atom is 0.266 e. The van der Waals surface area contributed by atoms with Gasteiger partial charge >= 0.3 is 0 Å². The Bertz CT molecular complexity index is 783. The number of benzene rings is 1. The summed E-state index contributed by atoms with van der Waals surface area (Å²) >= 11 is 0. The van der Waals surface area contributed by atoms with E-state index in [2.05, 4.69) is 17.6 Å². The molecule has 150 valence electrons. The van der Waals surface area contributed by atoms with Gasteiger partial charge in [0, 0.05) is 6.04 Å². The van der Waals surface area contributed by atoms with Gasteiger partial charge in [-0.05, 0) is 93.2 Å². The molecule has 6 rings (SSSR count). The van der Waals surface area contributed by atoms with Crippen molar-refractivity contribution in [3.63, 3.8) is 0 Å². The van der Waals surface area contributed by atoms with Gasteiger partial charge in [-0.3, -0.25) is 9.59 Å². The molecule has 2 atom stereocenters. The molecule has 0 aromatic heterocycles. The van der Waals surface area contributed by atoms with E-state index in [0.717, 1.165) is 23.3 Å². The van der Waals surface area contributed by atoms with Crippen LogP contribution in [0.2, 0.25) is 0 Å². The Balaban J connectivity index is 1.23. The molecule has 4 saturated carbocycles. The summed E-state index contributed by atoms with van der Waals surface area (Å²) in [7, 11) is 0. The molecule has 5 nitrogen and oxygen atoms in total. The van der Waals surface area contributed by atoms with E-state index in [0.29, 0.717) is 11.4 Å². The summed E-state index contributed by atoms with van der Waals surface area (Å²) in [6, 6.07) is 5.85. The number of nitrogens with one attached hydrogen (secondary N) is 2. The van der Waals surface area contributed by atoms with Gasteiger partial charge in [0.25, 0.3) is 5.91 Å². The Labute approximate surface area is 166 Å². The third-order valence-electron chi connectivity index (χ3n) is 7.71. The molecule has 28 heavy (non-hydrogen) atoms. The molecule has 2 amide bonds. The third-order valence-corrected chi connectivity index (χ3v) is 7.71. The highest BCUT2D eigenvalue weighted by Crippen LogP contribution is 2.61. The Kier molecular flexibility index (Phi) is 4.18. The van der Waals surface area contributed by atoms with Gasteiger partial charge in [0.2, 0.25) is 5.91 Å². The van der Waals surface area contributed by atoms with Crippen LogP contribution in [0.25, 0.3) is 0 Å². The first-order valence-electron chi connectivity index (χ1n) is 10.8. The van der Waals surface area contributed by atoms with Gasteiger partial charge in [0.15, 0.2) is 6.10 Å². The molecule has 2 unspecified atom stereocenters. The zero-order valence-corrected chi connectivity index (χ0v) is 16.8.